The van der Waals surface area contributed by atoms with Crippen LogP contribution in [0.1, 0.15) is 10.4 Å². The Balaban J connectivity index is 2.03. The lowest BCUT2D eigenvalue weighted by Crippen LogP contribution is -2.24. The number of para-hydroxylation sites is 1. The fourth-order valence-electron chi connectivity index (χ4n) is 2.16. The number of nitrogens with two attached hydrogens (primary N) is 2. The van der Waals surface area contributed by atoms with Gasteiger partial charge in [-0.1, -0.05) is 24.3 Å². The molecule has 21 heavy (non-hydrogen) atoms. The lowest BCUT2D eigenvalue weighted by molar-refractivity contribution is 0.100. The number of guanidine groups is 1. The number of hydrogen-bond acceptors (Lipinski definition) is 3. The van der Waals surface area contributed by atoms with E-state index in [9.17, 15) is 4.79 Å². The number of benzene rings is 2. The first-order valence-electron chi connectivity index (χ1n) is 6.28. The summed E-state index contributed by atoms with van der Waals surface area (Å²) >= 11 is 0. The topological polar surface area (TPSA) is 99.9 Å². The van der Waals surface area contributed by atoms with E-state index < -0.39 is 5.91 Å². The number of rotatable bonds is 2. The van der Waals surface area contributed by atoms with Gasteiger partial charge in [-0.2, -0.15) is 4.99 Å². The van der Waals surface area contributed by atoms with Crippen molar-refractivity contribution < 1.29 is 14.3 Å². The molecule has 3 rings (SSSR count). The number of ether oxygens (including phenoxy) is 2. The molecule has 2 aromatic carbocycles. The van der Waals surface area contributed by atoms with E-state index in [-0.39, 0.29) is 12.8 Å². The predicted octanol–water partition coefficient (Wildman–Crippen LogP) is 1.50. The molecule has 0 atom stereocenters. The summed E-state index contributed by atoms with van der Waals surface area (Å²) in [6.07, 6.45) is 0. The van der Waals surface area contributed by atoms with Gasteiger partial charge in [0.2, 0.25) is 6.79 Å². The van der Waals surface area contributed by atoms with Gasteiger partial charge in [-0.25, -0.2) is 0 Å². The maximum absolute atomic E-state index is 11.9. The Morgan fingerprint density at radius 3 is 2.71 bits per heavy atom. The van der Waals surface area contributed by atoms with Gasteiger partial charge in [-0.15, -0.1) is 0 Å². The Labute approximate surface area is 121 Å². The van der Waals surface area contributed by atoms with Crippen molar-refractivity contribution in [3.05, 3.63) is 48.0 Å². The summed E-state index contributed by atoms with van der Waals surface area (Å²) in [5.41, 5.74) is 12.5. The van der Waals surface area contributed by atoms with Crippen LogP contribution in [0.2, 0.25) is 0 Å². The molecule has 0 bridgehead atoms. The van der Waals surface area contributed by atoms with Gasteiger partial charge in [-0.05, 0) is 23.8 Å². The standard InChI is InChI=1S/C15H13N3O3/c16-15(17)18-14(19)10-4-1-3-9(7-10)11-5-2-6-12-13(11)21-8-20-12/h1-7H,8H2,(H4,16,17,18,19). The second-order valence-electron chi connectivity index (χ2n) is 4.46. The van der Waals surface area contributed by atoms with Crippen molar-refractivity contribution in [2.24, 2.45) is 16.5 Å². The Kier molecular flexibility index (Phi) is 3.19. The maximum atomic E-state index is 11.9. The van der Waals surface area contributed by atoms with Gasteiger partial charge in [-0.3, -0.25) is 4.79 Å². The lowest BCUT2D eigenvalue weighted by atomic mass is 10.0. The number of aliphatic imine (C=N–C) groups is 1. The molecule has 6 nitrogen and oxygen atoms in total. The molecular formula is C15H13N3O3. The zero-order chi connectivity index (χ0) is 14.8. The van der Waals surface area contributed by atoms with Crippen molar-refractivity contribution in [1.29, 1.82) is 0 Å². The third-order valence-electron chi connectivity index (χ3n) is 3.05. The molecule has 1 aliphatic heterocycles. The van der Waals surface area contributed by atoms with Crippen molar-refractivity contribution in [2.45, 2.75) is 0 Å². The fraction of sp³-hybridized carbons (Fsp3) is 0.0667. The van der Waals surface area contributed by atoms with Crippen molar-refractivity contribution in [1.82, 2.24) is 0 Å². The van der Waals surface area contributed by atoms with Crippen LogP contribution in [-0.4, -0.2) is 18.7 Å². The zero-order valence-electron chi connectivity index (χ0n) is 11.1. The van der Waals surface area contributed by atoms with Crippen molar-refractivity contribution in [2.75, 3.05) is 6.79 Å². The number of fused-ring (bicyclic) bond motifs is 1. The molecule has 0 unspecified atom stereocenters. The van der Waals surface area contributed by atoms with E-state index >= 15 is 0 Å². The highest BCUT2D eigenvalue weighted by molar-refractivity contribution is 6.02. The number of carbonyl (C=O) groups is 1. The first-order chi connectivity index (χ1) is 10.1. The second kappa shape index (κ2) is 5.16. The summed E-state index contributed by atoms with van der Waals surface area (Å²) in [7, 11) is 0. The first kappa shape index (κ1) is 13.0. The number of hydrogen-bond donors (Lipinski definition) is 2. The van der Waals surface area contributed by atoms with Crippen LogP contribution in [0.5, 0.6) is 11.5 Å². The zero-order valence-corrected chi connectivity index (χ0v) is 11.1. The molecule has 0 fully saturated rings. The van der Waals surface area contributed by atoms with Crippen LogP contribution >= 0.6 is 0 Å². The molecule has 0 aliphatic carbocycles. The molecule has 1 amide bonds. The Bertz CT molecular complexity index is 737. The molecule has 0 spiro atoms. The molecule has 1 heterocycles. The van der Waals surface area contributed by atoms with Crippen LogP contribution < -0.4 is 20.9 Å². The summed E-state index contributed by atoms with van der Waals surface area (Å²) in [6.45, 7) is 0.193. The molecule has 1 aliphatic rings. The van der Waals surface area contributed by atoms with Gasteiger partial charge >= 0.3 is 0 Å². The molecule has 4 N–H and O–H groups in total. The molecule has 6 heteroatoms. The number of carbonyl (C=O) groups excluding carboxylic acids is 1. The average Bonchev–Trinajstić information content (AvgIpc) is 2.95. The highest BCUT2D eigenvalue weighted by Gasteiger charge is 2.18. The van der Waals surface area contributed by atoms with Gasteiger partial charge in [0.25, 0.3) is 5.91 Å². The highest BCUT2D eigenvalue weighted by atomic mass is 16.7. The second-order valence-corrected chi connectivity index (χ2v) is 4.46. The highest BCUT2D eigenvalue weighted by Crippen LogP contribution is 2.41. The van der Waals surface area contributed by atoms with E-state index in [0.717, 1.165) is 11.1 Å². The molecule has 2 aromatic rings. The van der Waals surface area contributed by atoms with Gasteiger partial charge in [0.1, 0.15) is 0 Å². The predicted molar refractivity (Wildman–Crippen MR) is 78.1 cm³/mol. The van der Waals surface area contributed by atoms with Gasteiger partial charge in [0.05, 0.1) is 0 Å². The third kappa shape index (κ3) is 2.51. The smallest absolute Gasteiger partial charge is 0.280 e. The maximum Gasteiger partial charge on any atom is 0.280 e. The van der Waals surface area contributed by atoms with Crippen molar-refractivity contribution in [3.63, 3.8) is 0 Å². The van der Waals surface area contributed by atoms with Crippen molar-refractivity contribution in [3.8, 4) is 22.6 Å². The molecular weight excluding hydrogens is 270 g/mol. The molecule has 0 saturated heterocycles. The monoisotopic (exact) mass is 283 g/mol. The lowest BCUT2D eigenvalue weighted by Gasteiger charge is -2.07. The van der Waals surface area contributed by atoms with Crippen LogP contribution in [0.3, 0.4) is 0 Å². The van der Waals surface area contributed by atoms with Crippen LogP contribution in [0.4, 0.5) is 0 Å². The van der Waals surface area contributed by atoms with E-state index in [1.807, 2.05) is 24.3 Å². The summed E-state index contributed by atoms with van der Waals surface area (Å²) in [4.78, 5) is 15.4. The van der Waals surface area contributed by atoms with E-state index in [0.29, 0.717) is 17.1 Å². The molecule has 0 aromatic heterocycles. The number of amides is 1. The molecule has 106 valence electrons. The van der Waals surface area contributed by atoms with Crippen LogP contribution in [-0.2, 0) is 0 Å². The minimum Gasteiger partial charge on any atom is -0.454 e. The SMILES string of the molecule is NC(N)=NC(=O)c1cccc(-c2cccc3c2OCO3)c1. The Morgan fingerprint density at radius 1 is 1.10 bits per heavy atom. The van der Waals surface area contributed by atoms with Crippen LogP contribution in [0.15, 0.2) is 47.5 Å². The summed E-state index contributed by atoms with van der Waals surface area (Å²) < 4.78 is 10.8. The Hall–Kier alpha value is -3.02. The van der Waals surface area contributed by atoms with Crippen LogP contribution in [0.25, 0.3) is 11.1 Å². The fourth-order valence-corrected chi connectivity index (χ4v) is 2.16. The van der Waals surface area contributed by atoms with Crippen LogP contribution in [0, 0.1) is 0 Å². The summed E-state index contributed by atoms with van der Waals surface area (Å²) in [6, 6.07) is 12.6. The van der Waals surface area contributed by atoms with Gasteiger partial charge in [0, 0.05) is 11.1 Å². The minimum atomic E-state index is -0.485. The van der Waals surface area contributed by atoms with Crippen molar-refractivity contribution >= 4 is 11.9 Å². The van der Waals surface area contributed by atoms with E-state index in [1.54, 1.807) is 18.2 Å². The average molecular weight is 283 g/mol. The molecule has 0 radical (unpaired) electrons. The Morgan fingerprint density at radius 2 is 1.90 bits per heavy atom. The van der Waals surface area contributed by atoms with E-state index in [4.69, 9.17) is 20.9 Å². The quantitative estimate of drug-likeness (QED) is 0.642. The number of nitrogens with zero attached hydrogens (tertiary/aromatic N) is 1. The largest absolute Gasteiger partial charge is 0.454 e. The van der Waals surface area contributed by atoms with E-state index in [2.05, 4.69) is 4.99 Å². The van der Waals surface area contributed by atoms with Gasteiger partial charge in [0.15, 0.2) is 17.5 Å². The third-order valence-corrected chi connectivity index (χ3v) is 3.05. The van der Waals surface area contributed by atoms with E-state index in [1.165, 1.54) is 0 Å². The summed E-state index contributed by atoms with van der Waals surface area (Å²) in [5, 5.41) is 0. The normalized spacial score (nSPS) is 12.0. The minimum absolute atomic E-state index is 0.193. The molecule has 0 saturated carbocycles. The first-order valence-corrected chi connectivity index (χ1v) is 6.28. The van der Waals surface area contributed by atoms with Gasteiger partial charge < -0.3 is 20.9 Å². The summed E-state index contributed by atoms with van der Waals surface area (Å²) in [5.74, 6) is 0.613.